The Balaban J connectivity index is 1.92. The molecule has 1 aliphatic carbocycles. The van der Waals surface area contributed by atoms with E-state index in [0.29, 0.717) is 18.7 Å². The number of halogens is 8. The molecule has 2 aromatic carbocycles. The van der Waals surface area contributed by atoms with Gasteiger partial charge in [0.1, 0.15) is 4.75 Å². The molecule has 0 saturated carbocycles. The van der Waals surface area contributed by atoms with Gasteiger partial charge in [-0.05, 0) is 83.8 Å². The first-order valence-corrected chi connectivity index (χ1v) is 12.4. The highest BCUT2D eigenvalue weighted by atomic mass is 127. The summed E-state index contributed by atoms with van der Waals surface area (Å²) in [6.07, 6.45) is -12.2. The second-order valence-corrected chi connectivity index (χ2v) is 11.6. The van der Waals surface area contributed by atoms with Crippen molar-refractivity contribution in [1.29, 1.82) is 0 Å². The van der Waals surface area contributed by atoms with E-state index in [2.05, 4.69) is 5.32 Å². The quantitative estimate of drug-likeness (QED) is 0.368. The van der Waals surface area contributed by atoms with Crippen LogP contribution in [0.3, 0.4) is 0 Å². The lowest BCUT2D eigenvalue weighted by molar-refractivity contribution is -0.348. The van der Waals surface area contributed by atoms with E-state index in [-0.39, 0.29) is 35.3 Å². The van der Waals surface area contributed by atoms with Crippen LogP contribution in [0, 0.1) is 3.57 Å². The first-order chi connectivity index (χ1) is 15.2. The van der Waals surface area contributed by atoms with Crippen molar-refractivity contribution in [3.8, 4) is 0 Å². The van der Waals surface area contributed by atoms with E-state index in [1.807, 2.05) is 22.6 Å². The van der Waals surface area contributed by atoms with Crippen LogP contribution < -0.4 is 5.32 Å². The van der Waals surface area contributed by atoms with E-state index < -0.39 is 44.2 Å². The summed E-state index contributed by atoms with van der Waals surface area (Å²) in [6.45, 7) is 0.299. The molecule has 1 fully saturated rings. The average Bonchev–Trinajstić information content (AvgIpc) is 3.17. The van der Waals surface area contributed by atoms with Crippen LogP contribution >= 0.6 is 22.6 Å². The Morgan fingerprint density at radius 1 is 0.939 bits per heavy atom. The summed E-state index contributed by atoms with van der Waals surface area (Å²) in [4.78, 5) is -0.000959. The van der Waals surface area contributed by atoms with Gasteiger partial charge in [0.15, 0.2) is 9.84 Å². The summed E-state index contributed by atoms with van der Waals surface area (Å²) < 4.78 is 121. The minimum absolute atomic E-state index is 0.000959. The molecule has 4 rings (SSSR count). The summed E-state index contributed by atoms with van der Waals surface area (Å²) in [6, 6.07) is 7.30. The van der Waals surface area contributed by atoms with E-state index in [9.17, 15) is 39.2 Å². The van der Waals surface area contributed by atoms with Gasteiger partial charge < -0.3 is 5.32 Å². The molecule has 12 heteroatoms. The van der Waals surface area contributed by atoms with Crippen LogP contribution in [0.1, 0.15) is 29.5 Å². The van der Waals surface area contributed by atoms with Crippen molar-refractivity contribution in [2.24, 2.45) is 0 Å². The van der Waals surface area contributed by atoms with Crippen LogP contribution in [-0.4, -0.2) is 33.4 Å². The summed E-state index contributed by atoms with van der Waals surface area (Å²) in [5.41, 5.74) is -7.09. The second-order valence-electron chi connectivity index (χ2n) is 8.17. The predicted molar refractivity (Wildman–Crippen MR) is 114 cm³/mol. The molecule has 180 valence electrons. The molecule has 1 N–H and O–H groups in total. The number of sulfone groups is 1. The topological polar surface area (TPSA) is 46.2 Å². The third-order valence-corrected chi connectivity index (χ3v) is 9.78. The molecule has 2 aliphatic rings. The number of benzene rings is 2. The maximum atomic E-state index is 14.6. The van der Waals surface area contributed by atoms with E-state index in [1.54, 1.807) is 12.1 Å². The first-order valence-electron chi connectivity index (χ1n) is 9.86. The largest absolute Gasteiger partial charge is 0.435 e. The molecule has 0 amide bonds. The van der Waals surface area contributed by atoms with Crippen molar-refractivity contribution < 1.29 is 39.2 Å². The first kappa shape index (κ1) is 24.7. The number of hydrogen-bond donors (Lipinski definition) is 1. The van der Waals surface area contributed by atoms with Gasteiger partial charge in [-0.2, -0.15) is 26.3 Å². The predicted octanol–water partition coefficient (Wildman–Crippen LogP) is 5.56. The normalized spacial score (nSPS) is 23.8. The fraction of sp³-hybridized carbons (Fsp3) is 0.429. The molecule has 0 aromatic heterocycles. The second kappa shape index (κ2) is 7.80. The lowest BCUT2D eigenvalue weighted by Gasteiger charge is -2.41. The lowest BCUT2D eigenvalue weighted by Crippen LogP contribution is -2.51. The van der Waals surface area contributed by atoms with Gasteiger partial charge in [0.2, 0.25) is 0 Å². The molecule has 0 unspecified atom stereocenters. The van der Waals surface area contributed by atoms with E-state index in [4.69, 9.17) is 0 Å². The van der Waals surface area contributed by atoms with Gasteiger partial charge in [-0.3, -0.25) is 0 Å². The summed E-state index contributed by atoms with van der Waals surface area (Å²) in [5, 5.41) is 3.11. The fourth-order valence-corrected chi connectivity index (χ4v) is 7.64. The van der Waals surface area contributed by atoms with Crippen molar-refractivity contribution in [2.75, 3.05) is 6.54 Å². The molecule has 1 saturated heterocycles. The van der Waals surface area contributed by atoms with Gasteiger partial charge in [0.25, 0.3) is 0 Å². The minimum atomic E-state index is -6.24. The van der Waals surface area contributed by atoms with Crippen LogP contribution in [0.2, 0.25) is 0 Å². The van der Waals surface area contributed by atoms with Crippen molar-refractivity contribution in [1.82, 2.24) is 5.32 Å². The molecule has 1 aliphatic heterocycles. The third-order valence-electron chi connectivity index (χ3n) is 6.50. The molecular weight excluding hydrogens is 590 g/mol. The average molecular weight is 607 g/mol. The summed E-state index contributed by atoms with van der Waals surface area (Å²) in [5.74, 6) is 0. The highest BCUT2D eigenvalue weighted by Gasteiger charge is 2.73. The van der Waals surface area contributed by atoms with E-state index in [1.165, 1.54) is 12.1 Å². The zero-order chi connectivity index (χ0) is 24.4. The molecule has 3 nitrogen and oxygen atoms in total. The molecule has 2 aromatic rings. The van der Waals surface area contributed by atoms with Gasteiger partial charge in [0, 0.05) is 15.2 Å². The van der Waals surface area contributed by atoms with Crippen molar-refractivity contribution in [3.05, 3.63) is 62.7 Å². The Morgan fingerprint density at radius 3 is 2.12 bits per heavy atom. The minimum Gasteiger partial charge on any atom is -0.312 e. The van der Waals surface area contributed by atoms with E-state index in [0.717, 1.165) is 9.64 Å². The zero-order valence-electron chi connectivity index (χ0n) is 16.7. The number of nitrogens with one attached hydrogen (secondary N) is 1. The molecular formula is C21H17F7INO2S. The van der Waals surface area contributed by atoms with Gasteiger partial charge in [0.05, 0.1) is 4.90 Å². The van der Waals surface area contributed by atoms with Crippen LogP contribution in [-0.2, 0) is 26.7 Å². The SMILES string of the molecule is O=S(=O)(c1ccc(I)cc1)[C@@]12CCN[C@@H]1CCc1cc(C(F)(C(F)(F)F)C(F)(F)F)ccc12. The molecule has 0 spiro atoms. The van der Waals surface area contributed by atoms with Crippen LogP contribution in [0.25, 0.3) is 0 Å². The maximum Gasteiger partial charge on any atom is 0.435 e. The Kier molecular flexibility index (Phi) is 5.84. The maximum absolute atomic E-state index is 14.6. The Bertz CT molecular complexity index is 1160. The lowest BCUT2D eigenvalue weighted by atomic mass is 9.77. The van der Waals surface area contributed by atoms with Crippen molar-refractivity contribution in [2.45, 2.75) is 53.0 Å². The van der Waals surface area contributed by atoms with Crippen molar-refractivity contribution >= 4 is 32.4 Å². The van der Waals surface area contributed by atoms with Crippen LogP contribution in [0.4, 0.5) is 30.7 Å². The number of hydrogen-bond acceptors (Lipinski definition) is 3. The smallest absolute Gasteiger partial charge is 0.312 e. The fourth-order valence-electron chi connectivity index (χ4n) is 4.93. The molecule has 0 bridgehead atoms. The highest BCUT2D eigenvalue weighted by Crippen LogP contribution is 2.55. The molecule has 33 heavy (non-hydrogen) atoms. The van der Waals surface area contributed by atoms with Gasteiger partial charge >= 0.3 is 18.0 Å². The van der Waals surface area contributed by atoms with E-state index >= 15 is 0 Å². The summed E-state index contributed by atoms with van der Waals surface area (Å²) in [7, 11) is -4.10. The van der Waals surface area contributed by atoms with Crippen LogP contribution in [0.5, 0.6) is 0 Å². The number of rotatable bonds is 3. The van der Waals surface area contributed by atoms with Gasteiger partial charge in [-0.25, -0.2) is 12.8 Å². The Morgan fingerprint density at radius 2 is 1.55 bits per heavy atom. The van der Waals surface area contributed by atoms with Crippen molar-refractivity contribution in [3.63, 3.8) is 0 Å². The highest BCUT2D eigenvalue weighted by molar-refractivity contribution is 14.1. The monoisotopic (exact) mass is 607 g/mol. The Labute approximate surface area is 198 Å². The number of fused-ring (bicyclic) bond motifs is 3. The number of aryl methyl sites for hydroxylation is 1. The molecule has 2 atom stereocenters. The molecule has 0 radical (unpaired) electrons. The van der Waals surface area contributed by atoms with Gasteiger partial charge in [-0.15, -0.1) is 0 Å². The Hall–Kier alpha value is -1.41. The zero-order valence-corrected chi connectivity index (χ0v) is 19.7. The summed E-state index contributed by atoms with van der Waals surface area (Å²) >= 11 is 2.01. The van der Waals surface area contributed by atoms with Gasteiger partial charge in [-0.1, -0.05) is 18.2 Å². The standard InChI is InChI=1S/C21H17F7INO2S/c22-19(20(23,24)25,21(26,27)28)13-2-7-16-12(11-13)1-8-17-18(16,9-10-30-17)33(31,32)15-5-3-14(29)4-6-15/h2-7,11,17,30H,1,8-10H2/t17-,18-/m1/s1. The molecule has 1 heterocycles. The number of alkyl halides is 7. The van der Waals surface area contributed by atoms with Crippen LogP contribution in [0.15, 0.2) is 47.4 Å². The third kappa shape index (κ3) is 3.49.